The summed E-state index contributed by atoms with van der Waals surface area (Å²) in [4.78, 5) is 12.7. The lowest BCUT2D eigenvalue weighted by Crippen LogP contribution is -2.33. The first-order chi connectivity index (χ1) is 13.1. The quantitative estimate of drug-likeness (QED) is 0.409. The third-order valence-electron chi connectivity index (χ3n) is 4.52. The molecule has 1 saturated heterocycles. The average molecular weight is 373 g/mol. The van der Waals surface area contributed by atoms with E-state index in [-0.39, 0.29) is 5.75 Å². The Bertz CT molecular complexity index is 948. The van der Waals surface area contributed by atoms with Crippen LogP contribution >= 0.6 is 0 Å². The number of anilines is 1. The molecule has 1 aromatic carbocycles. The number of nitrogens with one attached hydrogen (secondary N) is 1. The molecule has 4 rings (SSSR count). The molecule has 0 radical (unpaired) electrons. The number of nitrogens with zero attached hydrogens (tertiary/aromatic N) is 4. The van der Waals surface area contributed by atoms with E-state index in [1.165, 1.54) is 17.2 Å². The molecular weight excluding hydrogens is 354 g/mol. The molecule has 4 atom stereocenters. The molecule has 0 bridgehead atoms. The van der Waals surface area contributed by atoms with Gasteiger partial charge in [-0.15, -0.1) is 0 Å². The Morgan fingerprint density at radius 2 is 2.00 bits per heavy atom. The van der Waals surface area contributed by atoms with Gasteiger partial charge in [0.25, 0.3) is 0 Å². The van der Waals surface area contributed by atoms with Crippen LogP contribution in [0.4, 0.5) is 5.82 Å². The van der Waals surface area contributed by atoms with E-state index < -0.39 is 31.1 Å². The zero-order valence-electron chi connectivity index (χ0n) is 14.2. The van der Waals surface area contributed by atoms with Crippen LogP contribution in [-0.2, 0) is 11.3 Å². The minimum atomic E-state index is -1.22. The molecule has 27 heavy (non-hydrogen) atoms. The van der Waals surface area contributed by atoms with Crippen LogP contribution in [0.2, 0.25) is 0 Å². The monoisotopic (exact) mass is 373 g/mol. The Morgan fingerprint density at radius 3 is 2.74 bits per heavy atom. The summed E-state index contributed by atoms with van der Waals surface area (Å²) in [5.41, 5.74) is 1.75. The van der Waals surface area contributed by atoms with Crippen molar-refractivity contribution in [2.75, 3.05) is 11.9 Å². The molecule has 2 aromatic heterocycles. The number of imidazole rings is 1. The highest BCUT2D eigenvalue weighted by molar-refractivity contribution is 5.82. The van der Waals surface area contributed by atoms with Gasteiger partial charge in [-0.1, -0.05) is 12.1 Å². The fourth-order valence-corrected chi connectivity index (χ4v) is 3.13. The van der Waals surface area contributed by atoms with Crippen LogP contribution in [0, 0.1) is 0 Å². The van der Waals surface area contributed by atoms with Crippen molar-refractivity contribution >= 4 is 17.0 Å². The summed E-state index contributed by atoms with van der Waals surface area (Å²) in [7, 11) is 0. The summed E-state index contributed by atoms with van der Waals surface area (Å²) >= 11 is 0. The summed E-state index contributed by atoms with van der Waals surface area (Å²) < 4.78 is 7.03. The molecule has 3 heterocycles. The maximum Gasteiger partial charge on any atom is 0.167 e. The molecule has 0 amide bonds. The second-order valence-corrected chi connectivity index (χ2v) is 6.30. The molecular formula is C17H19N5O5. The van der Waals surface area contributed by atoms with Crippen molar-refractivity contribution in [2.24, 2.45) is 0 Å². The summed E-state index contributed by atoms with van der Waals surface area (Å²) in [6, 6.07) is 6.85. The molecule has 0 saturated carbocycles. The van der Waals surface area contributed by atoms with Crippen LogP contribution < -0.4 is 5.32 Å². The Morgan fingerprint density at radius 1 is 1.15 bits per heavy atom. The molecule has 1 aliphatic rings. The number of phenolic OH excluding ortho intramolecular Hbond substituents is 1. The van der Waals surface area contributed by atoms with Crippen molar-refractivity contribution in [3.05, 3.63) is 42.5 Å². The Labute approximate surface area is 153 Å². The molecule has 3 aromatic rings. The van der Waals surface area contributed by atoms with E-state index in [0.717, 1.165) is 5.56 Å². The van der Waals surface area contributed by atoms with Crippen molar-refractivity contribution in [2.45, 2.75) is 31.1 Å². The van der Waals surface area contributed by atoms with E-state index in [1.807, 2.05) is 6.07 Å². The fourth-order valence-electron chi connectivity index (χ4n) is 3.13. The lowest BCUT2D eigenvalue weighted by atomic mass is 10.1. The van der Waals surface area contributed by atoms with Crippen molar-refractivity contribution in [1.82, 2.24) is 19.5 Å². The predicted octanol–water partition coefficient (Wildman–Crippen LogP) is -0.245. The van der Waals surface area contributed by atoms with E-state index in [2.05, 4.69) is 20.3 Å². The summed E-state index contributed by atoms with van der Waals surface area (Å²) in [6.07, 6.45) is -1.43. The Hall–Kier alpha value is -2.79. The minimum absolute atomic E-state index is 0.177. The van der Waals surface area contributed by atoms with Crippen molar-refractivity contribution in [1.29, 1.82) is 0 Å². The molecule has 142 valence electrons. The van der Waals surface area contributed by atoms with Gasteiger partial charge in [-0.2, -0.15) is 0 Å². The van der Waals surface area contributed by atoms with Crippen molar-refractivity contribution in [3.63, 3.8) is 0 Å². The van der Waals surface area contributed by atoms with Gasteiger partial charge >= 0.3 is 0 Å². The molecule has 10 heteroatoms. The molecule has 0 spiro atoms. The number of hydrogen-bond acceptors (Lipinski definition) is 9. The highest BCUT2D eigenvalue weighted by Crippen LogP contribution is 2.32. The SMILES string of the molecule is OCC1OC(n2cnc3c(NCc4cccc(O)c4)ncnc32)C(O)C1O. The third-order valence-corrected chi connectivity index (χ3v) is 4.52. The van der Waals surface area contributed by atoms with E-state index in [0.29, 0.717) is 23.5 Å². The first kappa shape index (κ1) is 17.6. The average Bonchev–Trinajstić information content (AvgIpc) is 3.22. The van der Waals surface area contributed by atoms with Gasteiger partial charge in [0.2, 0.25) is 0 Å². The number of aromatic hydroxyl groups is 1. The zero-order chi connectivity index (χ0) is 19.0. The van der Waals surface area contributed by atoms with Crippen LogP contribution in [-0.4, -0.2) is 64.9 Å². The number of hydrogen-bond donors (Lipinski definition) is 5. The molecule has 4 unspecified atom stereocenters. The van der Waals surface area contributed by atoms with E-state index in [1.54, 1.807) is 18.2 Å². The zero-order valence-corrected chi connectivity index (χ0v) is 14.2. The normalized spacial score (nSPS) is 25.1. The Kier molecular flexibility index (Phi) is 4.62. The first-order valence-electron chi connectivity index (χ1n) is 8.40. The van der Waals surface area contributed by atoms with Crippen LogP contribution in [0.5, 0.6) is 5.75 Å². The van der Waals surface area contributed by atoms with Crippen LogP contribution in [0.3, 0.4) is 0 Å². The number of aliphatic hydroxyl groups excluding tert-OH is 3. The van der Waals surface area contributed by atoms with Crippen molar-refractivity contribution < 1.29 is 25.2 Å². The molecule has 0 aliphatic carbocycles. The predicted molar refractivity (Wildman–Crippen MR) is 93.8 cm³/mol. The number of rotatable bonds is 5. The number of aliphatic hydroxyl groups is 3. The topological polar surface area (TPSA) is 146 Å². The lowest BCUT2D eigenvalue weighted by Gasteiger charge is -2.16. The lowest BCUT2D eigenvalue weighted by molar-refractivity contribution is -0.0511. The second kappa shape index (κ2) is 7.08. The molecule has 1 aliphatic heterocycles. The van der Waals surface area contributed by atoms with E-state index in [4.69, 9.17) is 4.74 Å². The Balaban J connectivity index is 1.60. The largest absolute Gasteiger partial charge is 0.508 e. The number of benzene rings is 1. The number of ether oxygens (including phenoxy) is 1. The number of fused-ring (bicyclic) bond motifs is 1. The van der Waals surface area contributed by atoms with E-state index in [9.17, 15) is 20.4 Å². The first-order valence-corrected chi connectivity index (χ1v) is 8.40. The van der Waals surface area contributed by atoms with Gasteiger partial charge in [-0.3, -0.25) is 4.57 Å². The fraction of sp³-hybridized carbons (Fsp3) is 0.353. The standard InChI is InChI=1S/C17H19N5O5/c23-6-11-13(25)14(26)17(27-11)22-8-21-12-15(19-7-20-16(12)22)18-5-9-2-1-3-10(24)4-9/h1-4,7-8,11,13-14,17,23-26H,5-6H2,(H,18,19,20). The van der Waals surface area contributed by atoms with Gasteiger partial charge in [0.15, 0.2) is 23.2 Å². The maximum atomic E-state index is 10.2. The summed E-state index contributed by atoms with van der Waals surface area (Å²) in [6.45, 7) is 0.00823. The van der Waals surface area contributed by atoms with Crippen LogP contribution in [0.1, 0.15) is 11.8 Å². The molecule has 5 N–H and O–H groups in total. The van der Waals surface area contributed by atoms with Gasteiger partial charge < -0.3 is 30.5 Å². The van der Waals surface area contributed by atoms with Gasteiger partial charge in [-0.25, -0.2) is 15.0 Å². The van der Waals surface area contributed by atoms with Gasteiger partial charge in [0, 0.05) is 6.54 Å². The van der Waals surface area contributed by atoms with Crippen molar-refractivity contribution in [3.8, 4) is 5.75 Å². The molecule has 10 nitrogen and oxygen atoms in total. The highest BCUT2D eigenvalue weighted by atomic mass is 16.6. The third kappa shape index (κ3) is 3.19. The maximum absolute atomic E-state index is 10.2. The van der Waals surface area contributed by atoms with Gasteiger partial charge in [0.05, 0.1) is 12.9 Å². The summed E-state index contributed by atoms with van der Waals surface area (Å²) in [5, 5.41) is 42.1. The van der Waals surface area contributed by atoms with Gasteiger partial charge in [-0.05, 0) is 17.7 Å². The summed E-state index contributed by atoms with van der Waals surface area (Å²) in [5.74, 6) is 0.657. The molecule has 1 fully saturated rings. The number of aromatic nitrogens is 4. The van der Waals surface area contributed by atoms with Gasteiger partial charge in [0.1, 0.15) is 30.4 Å². The smallest absolute Gasteiger partial charge is 0.167 e. The van der Waals surface area contributed by atoms with E-state index >= 15 is 0 Å². The van der Waals surface area contributed by atoms with Crippen LogP contribution in [0.25, 0.3) is 11.2 Å². The van der Waals surface area contributed by atoms with Crippen LogP contribution in [0.15, 0.2) is 36.9 Å². The number of phenols is 1. The highest BCUT2D eigenvalue weighted by Gasteiger charge is 2.44. The minimum Gasteiger partial charge on any atom is -0.508 e. The second-order valence-electron chi connectivity index (χ2n) is 6.30.